The standard InChI is InChI=1S/C13H17N.C10H11F2N.2C2H6/c1-9(2)14-8-10-7-13(14)12-6-4-3-5-11(10)12;1-13-3-2-7-4-8(11)5-10(12)9(7)6-13;2*1-2/h3-6,9-10,13H,7-8H2,1-2H3;4-5H,2-3,6H2,1H3;2*1-2H3. The molecule has 172 valence electrons. The molecule has 1 saturated heterocycles. The van der Waals surface area contributed by atoms with Crippen LogP contribution >= 0.6 is 0 Å². The summed E-state index contributed by atoms with van der Waals surface area (Å²) in [5, 5.41) is 0. The van der Waals surface area contributed by atoms with Crippen molar-refractivity contribution in [1.82, 2.24) is 9.80 Å². The van der Waals surface area contributed by atoms with Crippen LogP contribution in [0.25, 0.3) is 0 Å². The Morgan fingerprint density at radius 2 is 1.61 bits per heavy atom. The molecule has 0 amide bonds. The van der Waals surface area contributed by atoms with Gasteiger partial charge in [-0.3, -0.25) is 4.90 Å². The molecule has 2 aromatic rings. The predicted molar refractivity (Wildman–Crippen MR) is 127 cm³/mol. The maximum Gasteiger partial charge on any atom is 0.130 e. The fraction of sp³-hybridized carbons (Fsp3) is 0.556. The van der Waals surface area contributed by atoms with Crippen molar-refractivity contribution in [2.24, 2.45) is 0 Å². The van der Waals surface area contributed by atoms with Gasteiger partial charge in [-0.15, -0.1) is 0 Å². The molecule has 4 heteroatoms. The normalized spacial score (nSPS) is 21.1. The van der Waals surface area contributed by atoms with E-state index in [4.69, 9.17) is 0 Å². The number of hydrogen-bond donors (Lipinski definition) is 0. The minimum Gasteiger partial charge on any atom is -0.302 e. The van der Waals surface area contributed by atoms with Crippen molar-refractivity contribution in [1.29, 1.82) is 0 Å². The van der Waals surface area contributed by atoms with Crippen molar-refractivity contribution in [3.8, 4) is 0 Å². The van der Waals surface area contributed by atoms with Crippen molar-refractivity contribution in [3.05, 3.63) is 70.3 Å². The highest BCUT2D eigenvalue weighted by Gasteiger charge is 2.42. The Balaban J connectivity index is 0.000000191. The first-order chi connectivity index (χ1) is 14.9. The van der Waals surface area contributed by atoms with Crippen LogP contribution in [0.15, 0.2) is 36.4 Å². The number of likely N-dealkylation sites (N-methyl/N-ethyl adjacent to an activating group) is 1. The zero-order chi connectivity index (χ0) is 23.1. The van der Waals surface area contributed by atoms with E-state index in [1.54, 1.807) is 11.1 Å². The maximum absolute atomic E-state index is 13.2. The molecule has 0 N–H and O–H groups in total. The van der Waals surface area contributed by atoms with Crippen molar-refractivity contribution >= 4 is 0 Å². The first kappa shape index (κ1) is 25.5. The summed E-state index contributed by atoms with van der Waals surface area (Å²) < 4.78 is 26.0. The lowest BCUT2D eigenvalue weighted by atomic mass is 9.99. The zero-order valence-electron chi connectivity index (χ0n) is 20.4. The van der Waals surface area contributed by atoms with Gasteiger partial charge in [0, 0.05) is 43.3 Å². The summed E-state index contributed by atoms with van der Waals surface area (Å²) in [5.74, 6) is -0.0686. The fourth-order valence-electron chi connectivity index (χ4n) is 4.87. The Morgan fingerprint density at radius 3 is 2.26 bits per heavy atom. The topological polar surface area (TPSA) is 6.48 Å². The second-order valence-electron chi connectivity index (χ2n) is 8.38. The lowest BCUT2D eigenvalue weighted by Crippen LogP contribution is -2.33. The van der Waals surface area contributed by atoms with Crippen molar-refractivity contribution in [2.75, 3.05) is 20.1 Å². The maximum atomic E-state index is 13.2. The molecule has 2 aliphatic heterocycles. The first-order valence-electron chi connectivity index (χ1n) is 11.9. The highest BCUT2D eigenvalue weighted by molar-refractivity contribution is 5.41. The number of likely N-dealkylation sites (tertiary alicyclic amines) is 1. The molecule has 5 rings (SSSR count). The third-order valence-corrected chi connectivity index (χ3v) is 6.24. The second-order valence-corrected chi connectivity index (χ2v) is 8.38. The van der Waals surface area contributed by atoms with Gasteiger partial charge in [0.1, 0.15) is 11.6 Å². The highest BCUT2D eigenvalue weighted by Crippen LogP contribution is 2.50. The highest BCUT2D eigenvalue weighted by atomic mass is 19.1. The lowest BCUT2D eigenvalue weighted by Gasteiger charge is -2.32. The van der Waals surface area contributed by atoms with Gasteiger partial charge in [0.2, 0.25) is 0 Å². The Hall–Kier alpha value is -1.78. The summed E-state index contributed by atoms with van der Waals surface area (Å²) in [6, 6.07) is 12.8. The summed E-state index contributed by atoms with van der Waals surface area (Å²) in [6.07, 6.45) is 2.10. The fourth-order valence-corrected chi connectivity index (χ4v) is 4.87. The number of rotatable bonds is 1. The van der Waals surface area contributed by atoms with Crippen molar-refractivity contribution < 1.29 is 8.78 Å². The molecular weight excluding hydrogens is 390 g/mol. The van der Waals surface area contributed by atoms with Gasteiger partial charge in [0.15, 0.2) is 0 Å². The lowest BCUT2D eigenvalue weighted by molar-refractivity contribution is 0.198. The van der Waals surface area contributed by atoms with E-state index in [-0.39, 0.29) is 0 Å². The third-order valence-electron chi connectivity index (χ3n) is 6.24. The number of fused-ring (bicyclic) bond motifs is 6. The van der Waals surface area contributed by atoms with Crippen LogP contribution in [0.2, 0.25) is 0 Å². The number of halogens is 2. The summed E-state index contributed by atoms with van der Waals surface area (Å²) in [5.41, 5.74) is 4.68. The zero-order valence-corrected chi connectivity index (χ0v) is 20.4. The van der Waals surface area contributed by atoms with Gasteiger partial charge in [-0.25, -0.2) is 8.78 Å². The number of hydrogen-bond acceptors (Lipinski definition) is 2. The molecule has 0 spiro atoms. The van der Waals surface area contributed by atoms with Gasteiger partial charge in [0.25, 0.3) is 0 Å². The SMILES string of the molecule is CC.CC.CC(C)N1CC2CC1c1ccccc12.CN1CCc2cc(F)cc(F)c2C1. The molecule has 31 heavy (non-hydrogen) atoms. The van der Waals surface area contributed by atoms with Crippen LogP contribution in [0, 0.1) is 11.6 Å². The Bertz CT molecular complexity index is 834. The summed E-state index contributed by atoms with van der Waals surface area (Å²) in [6.45, 7) is 15.4. The smallest absolute Gasteiger partial charge is 0.130 e. The van der Waals surface area contributed by atoms with Gasteiger partial charge < -0.3 is 4.90 Å². The Labute approximate surface area is 188 Å². The van der Waals surface area contributed by atoms with E-state index < -0.39 is 11.6 Å². The molecule has 0 radical (unpaired) electrons. The van der Waals surface area contributed by atoms with Gasteiger partial charge in [-0.2, -0.15) is 0 Å². The van der Waals surface area contributed by atoms with Crippen LogP contribution in [0.4, 0.5) is 8.78 Å². The molecule has 2 nitrogen and oxygen atoms in total. The molecule has 2 aromatic carbocycles. The van der Waals surface area contributed by atoms with Gasteiger partial charge in [-0.1, -0.05) is 52.0 Å². The van der Waals surface area contributed by atoms with E-state index in [1.807, 2.05) is 39.6 Å². The van der Waals surface area contributed by atoms with E-state index in [2.05, 4.69) is 43.0 Å². The first-order valence-corrected chi connectivity index (χ1v) is 11.9. The summed E-state index contributed by atoms with van der Waals surface area (Å²) in [7, 11) is 1.94. The number of benzene rings is 2. The minimum absolute atomic E-state index is 0.415. The van der Waals surface area contributed by atoms with Crippen LogP contribution in [0.1, 0.15) is 82.2 Å². The summed E-state index contributed by atoms with van der Waals surface area (Å²) in [4.78, 5) is 4.68. The average Bonchev–Trinajstić information content (AvgIpc) is 3.38. The minimum atomic E-state index is -0.471. The Morgan fingerprint density at radius 1 is 0.968 bits per heavy atom. The van der Waals surface area contributed by atoms with Crippen LogP contribution in [-0.2, 0) is 13.0 Å². The van der Waals surface area contributed by atoms with Gasteiger partial charge in [0.05, 0.1) is 0 Å². The molecule has 0 aromatic heterocycles. The quantitative estimate of drug-likeness (QED) is 0.483. The molecule has 1 fully saturated rings. The van der Waals surface area contributed by atoms with E-state index in [1.165, 1.54) is 19.0 Å². The van der Waals surface area contributed by atoms with E-state index in [0.29, 0.717) is 18.2 Å². The monoisotopic (exact) mass is 430 g/mol. The van der Waals surface area contributed by atoms with E-state index in [9.17, 15) is 8.78 Å². The summed E-state index contributed by atoms with van der Waals surface area (Å²) >= 11 is 0. The molecule has 0 saturated carbocycles. The third kappa shape index (κ3) is 5.72. The van der Waals surface area contributed by atoms with E-state index in [0.717, 1.165) is 36.6 Å². The van der Waals surface area contributed by atoms with Crippen molar-refractivity contribution in [3.63, 3.8) is 0 Å². The van der Waals surface area contributed by atoms with Crippen LogP contribution < -0.4 is 0 Å². The molecule has 2 unspecified atom stereocenters. The molecule has 1 aliphatic carbocycles. The van der Waals surface area contributed by atoms with Crippen LogP contribution in [0.5, 0.6) is 0 Å². The second kappa shape index (κ2) is 11.7. The van der Waals surface area contributed by atoms with Gasteiger partial charge in [-0.05, 0) is 62.4 Å². The molecule has 2 heterocycles. The molecule has 3 aliphatic rings. The predicted octanol–water partition coefficient (Wildman–Crippen LogP) is 6.94. The average molecular weight is 431 g/mol. The van der Waals surface area contributed by atoms with Crippen molar-refractivity contribution in [2.45, 2.75) is 78.9 Å². The molecule has 2 bridgehead atoms. The largest absolute Gasteiger partial charge is 0.302 e. The Kier molecular flexibility index (Phi) is 9.64. The molecular formula is C27H40F2N2. The van der Waals surface area contributed by atoms with E-state index >= 15 is 0 Å². The van der Waals surface area contributed by atoms with Gasteiger partial charge >= 0.3 is 0 Å². The van der Waals surface area contributed by atoms with Crippen LogP contribution in [-0.4, -0.2) is 36.0 Å². The van der Waals surface area contributed by atoms with Crippen LogP contribution in [0.3, 0.4) is 0 Å². The molecule has 2 atom stereocenters. The number of nitrogens with zero attached hydrogens (tertiary/aromatic N) is 2.